The van der Waals surface area contributed by atoms with Gasteiger partial charge in [0.15, 0.2) is 5.82 Å². The lowest BCUT2D eigenvalue weighted by atomic mass is 10.2. The lowest BCUT2D eigenvalue weighted by molar-refractivity contribution is 0.415. The molecule has 1 N–H and O–H groups in total. The summed E-state index contributed by atoms with van der Waals surface area (Å²) in [5, 5.41) is 11.8. The predicted molar refractivity (Wildman–Crippen MR) is 104 cm³/mol. The molecule has 7 heteroatoms. The van der Waals surface area contributed by atoms with Gasteiger partial charge in [-0.3, -0.25) is 0 Å². The number of nitrogens with zero attached hydrogens (tertiary/aromatic N) is 4. The molecule has 0 spiro atoms. The van der Waals surface area contributed by atoms with Gasteiger partial charge in [0.2, 0.25) is 5.95 Å². The molecule has 1 heterocycles. The fourth-order valence-electron chi connectivity index (χ4n) is 2.53. The van der Waals surface area contributed by atoms with Crippen molar-refractivity contribution in [3.05, 3.63) is 65.3 Å². The van der Waals surface area contributed by atoms with Gasteiger partial charge in [0.05, 0.1) is 18.3 Å². The molecular weight excluding hydrogens is 350 g/mol. The second-order valence-electron chi connectivity index (χ2n) is 5.61. The van der Waals surface area contributed by atoms with Crippen molar-refractivity contribution in [2.24, 2.45) is 0 Å². The van der Waals surface area contributed by atoms with Gasteiger partial charge in [-0.05, 0) is 30.7 Å². The Bertz CT molecular complexity index is 860. The number of hydrogen-bond donors (Lipinski definition) is 1. The SMILES string of the molecule is CCN(Cc1ccccc1)c1cnnc(Nc2ccc(OC)c(Cl)c2)n1. The number of anilines is 3. The van der Waals surface area contributed by atoms with Crippen LogP contribution in [0.15, 0.2) is 54.7 Å². The molecule has 1 aromatic heterocycles. The van der Waals surface area contributed by atoms with Crippen molar-refractivity contribution in [2.75, 3.05) is 23.9 Å². The Morgan fingerprint density at radius 1 is 1.15 bits per heavy atom. The monoisotopic (exact) mass is 369 g/mol. The lowest BCUT2D eigenvalue weighted by Gasteiger charge is -2.21. The van der Waals surface area contributed by atoms with Crippen molar-refractivity contribution in [3.8, 4) is 5.75 Å². The molecule has 0 aliphatic carbocycles. The number of benzene rings is 2. The smallest absolute Gasteiger partial charge is 0.249 e. The Kier molecular flexibility index (Phi) is 5.86. The molecule has 26 heavy (non-hydrogen) atoms. The van der Waals surface area contributed by atoms with Crippen molar-refractivity contribution in [1.82, 2.24) is 15.2 Å². The molecule has 0 unspecified atom stereocenters. The summed E-state index contributed by atoms with van der Waals surface area (Å²) in [6.45, 7) is 3.65. The zero-order valence-electron chi connectivity index (χ0n) is 14.7. The van der Waals surface area contributed by atoms with Gasteiger partial charge >= 0.3 is 0 Å². The van der Waals surface area contributed by atoms with Crippen molar-refractivity contribution < 1.29 is 4.74 Å². The highest BCUT2D eigenvalue weighted by molar-refractivity contribution is 6.32. The molecule has 2 aromatic carbocycles. The fourth-order valence-corrected chi connectivity index (χ4v) is 2.79. The molecule has 0 aliphatic heterocycles. The van der Waals surface area contributed by atoms with E-state index in [1.165, 1.54) is 5.56 Å². The molecule has 0 bridgehead atoms. The standard InChI is InChI=1S/C19H20ClN5O/c1-3-25(13-14-7-5-4-6-8-14)18-12-21-24-19(23-18)22-15-9-10-17(26-2)16(20)11-15/h4-12H,3,13H2,1-2H3,(H,22,23,24). The Labute approximate surface area is 157 Å². The molecule has 3 aromatic rings. The van der Waals surface area contributed by atoms with E-state index in [-0.39, 0.29) is 0 Å². The highest BCUT2D eigenvalue weighted by Gasteiger charge is 2.10. The van der Waals surface area contributed by atoms with Gasteiger partial charge in [-0.15, -0.1) is 5.10 Å². The lowest BCUT2D eigenvalue weighted by Crippen LogP contribution is -2.23. The zero-order valence-corrected chi connectivity index (χ0v) is 15.4. The molecule has 0 radical (unpaired) electrons. The molecular formula is C19H20ClN5O. The van der Waals surface area contributed by atoms with Gasteiger partial charge in [0, 0.05) is 18.8 Å². The Hall–Kier alpha value is -2.86. The van der Waals surface area contributed by atoms with Crippen LogP contribution in [-0.2, 0) is 6.54 Å². The quantitative estimate of drug-likeness (QED) is 0.669. The van der Waals surface area contributed by atoms with Gasteiger partial charge < -0.3 is 15.0 Å². The number of aromatic nitrogens is 3. The fraction of sp³-hybridized carbons (Fsp3) is 0.211. The van der Waals surface area contributed by atoms with Crippen molar-refractivity contribution in [3.63, 3.8) is 0 Å². The van der Waals surface area contributed by atoms with Gasteiger partial charge in [0.1, 0.15) is 5.75 Å². The van der Waals surface area contributed by atoms with Crippen molar-refractivity contribution >= 4 is 29.1 Å². The summed E-state index contributed by atoms with van der Waals surface area (Å²) in [5.74, 6) is 1.79. The third kappa shape index (κ3) is 4.40. The molecule has 6 nitrogen and oxygen atoms in total. The van der Waals surface area contributed by atoms with Gasteiger partial charge in [-0.1, -0.05) is 41.9 Å². The number of hydrogen-bond acceptors (Lipinski definition) is 6. The minimum Gasteiger partial charge on any atom is -0.495 e. The summed E-state index contributed by atoms with van der Waals surface area (Å²) in [6.07, 6.45) is 1.67. The number of ether oxygens (including phenoxy) is 1. The van der Waals surface area contributed by atoms with Crippen LogP contribution in [0.2, 0.25) is 5.02 Å². The Morgan fingerprint density at radius 2 is 1.96 bits per heavy atom. The van der Waals surface area contributed by atoms with Gasteiger partial charge in [-0.2, -0.15) is 10.1 Å². The van der Waals surface area contributed by atoms with E-state index in [0.717, 1.165) is 24.6 Å². The second-order valence-corrected chi connectivity index (χ2v) is 6.02. The third-order valence-electron chi connectivity index (χ3n) is 3.88. The number of nitrogens with one attached hydrogen (secondary N) is 1. The maximum atomic E-state index is 6.16. The van der Waals surface area contributed by atoms with Crippen LogP contribution in [0.1, 0.15) is 12.5 Å². The van der Waals surface area contributed by atoms with E-state index in [1.54, 1.807) is 25.4 Å². The molecule has 0 atom stereocenters. The van der Waals surface area contributed by atoms with E-state index in [9.17, 15) is 0 Å². The normalized spacial score (nSPS) is 10.4. The van der Waals surface area contributed by atoms with E-state index >= 15 is 0 Å². The first-order chi connectivity index (χ1) is 12.7. The summed E-state index contributed by atoms with van der Waals surface area (Å²) in [4.78, 5) is 6.71. The molecule has 0 saturated carbocycles. The van der Waals surface area contributed by atoms with Crippen LogP contribution in [0.3, 0.4) is 0 Å². The zero-order chi connectivity index (χ0) is 18.4. The Balaban J connectivity index is 1.77. The minimum absolute atomic E-state index is 0.412. The third-order valence-corrected chi connectivity index (χ3v) is 4.17. The van der Waals surface area contributed by atoms with E-state index in [0.29, 0.717) is 16.7 Å². The highest BCUT2D eigenvalue weighted by atomic mass is 35.5. The predicted octanol–water partition coefficient (Wildman–Crippen LogP) is 4.30. The average molecular weight is 370 g/mol. The number of methoxy groups -OCH3 is 1. The maximum Gasteiger partial charge on any atom is 0.249 e. The van der Waals surface area contributed by atoms with E-state index in [4.69, 9.17) is 16.3 Å². The first-order valence-corrected chi connectivity index (χ1v) is 8.66. The van der Waals surface area contributed by atoms with Crippen LogP contribution in [0, 0.1) is 0 Å². The van der Waals surface area contributed by atoms with Crippen LogP contribution in [0.4, 0.5) is 17.5 Å². The number of halogens is 1. The molecule has 0 amide bonds. The van der Waals surface area contributed by atoms with Crippen molar-refractivity contribution in [2.45, 2.75) is 13.5 Å². The molecule has 0 fully saturated rings. The molecule has 3 rings (SSSR count). The van der Waals surface area contributed by atoms with Gasteiger partial charge in [-0.25, -0.2) is 0 Å². The average Bonchev–Trinajstić information content (AvgIpc) is 2.67. The minimum atomic E-state index is 0.412. The topological polar surface area (TPSA) is 63.2 Å². The summed E-state index contributed by atoms with van der Waals surface area (Å²) in [5.41, 5.74) is 1.98. The summed E-state index contributed by atoms with van der Waals surface area (Å²) >= 11 is 6.16. The van der Waals surface area contributed by atoms with E-state index in [1.807, 2.05) is 24.3 Å². The van der Waals surface area contributed by atoms with Crippen LogP contribution in [-0.4, -0.2) is 28.8 Å². The first kappa shape index (κ1) is 17.9. The first-order valence-electron chi connectivity index (χ1n) is 8.28. The van der Waals surface area contributed by atoms with Gasteiger partial charge in [0.25, 0.3) is 0 Å². The summed E-state index contributed by atoms with van der Waals surface area (Å²) < 4.78 is 5.16. The highest BCUT2D eigenvalue weighted by Crippen LogP contribution is 2.28. The summed E-state index contributed by atoms with van der Waals surface area (Å²) in [7, 11) is 1.58. The van der Waals surface area contributed by atoms with Crippen LogP contribution < -0.4 is 15.0 Å². The number of rotatable bonds is 7. The largest absolute Gasteiger partial charge is 0.495 e. The van der Waals surface area contributed by atoms with Crippen LogP contribution in [0.5, 0.6) is 5.75 Å². The van der Waals surface area contributed by atoms with Crippen LogP contribution >= 0.6 is 11.6 Å². The van der Waals surface area contributed by atoms with Crippen molar-refractivity contribution in [1.29, 1.82) is 0 Å². The van der Waals surface area contributed by atoms with E-state index < -0.39 is 0 Å². The summed E-state index contributed by atoms with van der Waals surface area (Å²) in [6, 6.07) is 15.7. The molecule has 134 valence electrons. The molecule has 0 saturated heterocycles. The van der Waals surface area contributed by atoms with Crippen LogP contribution in [0.25, 0.3) is 0 Å². The Morgan fingerprint density at radius 3 is 2.65 bits per heavy atom. The second kappa shape index (κ2) is 8.49. The maximum absolute atomic E-state index is 6.16. The van der Waals surface area contributed by atoms with E-state index in [2.05, 4.69) is 44.5 Å². The molecule has 0 aliphatic rings.